The topological polar surface area (TPSA) is 87.8 Å². The van der Waals surface area contributed by atoms with E-state index in [1.807, 2.05) is 12.1 Å². The number of hydrogen-bond donors (Lipinski definition) is 2. The minimum atomic E-state index is -4.64. The van der Waals surface area contributed by atoms with Gasteiger partial charge in [-0.15, -0.1) is 22.7 Å². The van der Waals surface area contributed by atoms with Crippen LogP contribution in [-0.2, 0) is 30.2 Å². The van der Waals surface area contributed by atoms with Gasteiger partial charge in [0.2, 0.25) is 0 Å². The lowest BCUT2D eigenvalue weighted by Gasteiger charge is -2.33. The fourth-order valence-electron chi connectivity index (χ4n) is 8.43. The van der Waals surface area contributed by atoms with Crippen LogP contribution in [0.3, 0.4) is 0 Å². The van der Waals surface area contributed by atoms with E-state index in [1.165, 1.54) is 105 Å². The molecular formula is C51H52N3O3PS2. The Labute approximate surface area is 363 Å². The third-order valence-electron chi connectivity index (χ3n) is 11.6. The highest BCUT2D eigenvalue weighted by Crippen LogP contribution is 2.47. The van der Waals surface area contributed by atoms with E-state index < -0.39 is 12.9 Å². The van der Waals surface area contributed by atoms with Gasteiger partial charge in [-0.05, 0) is 175 Å². The number of benzene rings is 4. The fraction of sp³-hybridized carbons (Fsp3) is 0.275. The molecule has 60 heavy (non-hydrogen) atoms. The zero-order valence-electron chi connectivity index (χ0n) is 34.4. The quantitative estimate of drug-likeness (QED) is 0.0838. The Bertz CT molecular complexity index is 2490. The molecule has 0 radical (unpaired) electrons. The van der Waals surface area contributed by atoms with Gasteiger partial charge in [0.15, 0.2) is 0 Å². The molecule has 2 N–H and O–H groups in total. The number of allylic oxidation sites excluding steroid dienone is 1. The van der Waals surface area contributed by atoms with E-state index in [4.69, 9.17) is 0 Å². The fourth-order valence-corrected chi connectivity index (χ4v) is 10.9. The molecule has 9 heteroatoms. The lowest BCUT2D eigenvalue weighted by Crippen LogP contribution is -2.24. The molecule has 0 fully saturated rings. The number of nitrogens with zero attached hydrogens (tertiary/aromatic N) is 3. The zero-order valence-corrected chi connectivity index (χ0v) is 37.0. The van der Waals surface area contributed by atoms with Crippen LogP contribution in [0.2, 0.25) is 0 Å². The summed E-state index contributed by atoms with van der Waals surface area (Å²) in [7, 11) is -4.64. The van der Waals surface area contributed by atoms with Crippen LogP contribution >= 0.6 is 30.3 Å². The highest BCUT2D eigenvalue weighted by molar-refractivity contribution is 7.57. The molecule has 306 valence electrons. The van der Waals surface area contributed by atoms with Crippen LogP contribution in [0.1, 0.15) is 95.5 Å². The molecule has 0 spiro atoms. The molecule has 0 amide bonds. The summed E-state index contributed by atoms with van der Waals surface area (Å²) < 4.78 is 11.8. The Hall–Kier alpha value is -5.00. The number of anilines is 4. The second kappa shape index (κ2) is 18.7. The van der Waals surface area contributed by atoms with Crippen molar-refractivity contribution in [2.75, 3.05) is 22.9 Å². The molecular weight excluding hydrogens is 798 g/mol. The molecule has 0 atom stereocenters. The van der Waals surface area contributed by atoms with Gasteiger partial charge < -0.3 is 19.6 Å². The van der Waals surface area contributed by atoms with Gasteiger partial charge in [0.25, 0.3) is 0 Å². The Balaban J connectivity index is 1.15. The van der Waals surface area contributed by atoms with Crippen LogP contribution < -0.4 is 9.80 Å². The van der Waals surface area contributed by atoms with Crippen LogP contribution in [0.15, 0.2) is 115 Å². The highest BCUT2D eigenvalue weighted by atomic mass is 32.1. The van der Waals surface area contributed by atoms with Gasteiger partial charge in [0.05, 0.1) is 0 Å². The zero-order chi connectivity index (χ0) is 41.6. The summed E-state index contributed by atoms with van der Waals surface area (Å²) in [6, 6.07) is 42.1. The molecule has 0 saturated carbocycles. The van der Waals surface area contributed by atoms with Crippen LogP contribution in [0.25, 0.3) is 27.5 Å². The van der Waals surface area contributed by atoms with Crippen LogP contribution in [0, 0.1) is 11.3 Å². The number of nitriles is 1. The van der Waals surface area contributed by atoms with Crippen molar-refractivity contribution in [2.24, 2.45) is 0 Å². The van der Waals surface area contributed by atoms with E-state index in [0.29, 0.717) is 4.88 Å². The second-order valence-corrected chi connectivity index (χ2v) is 19.7. The summed E-state index contributed by atoms with van der Waals surface area (Å²) in [5.74, 6) is 0. The first-order valence-electron chi connectivity index (χ1n) is 21.3. The van der Waals surface area contributed by atoms with Gasteiger partial charge in [-0.1, -0.05) is 63.1 Å². The molecule has 8 rings (SSSR count). The van der Waals surface area contributed by atoms with E-state index in [2.05, 4.69) is 127 Å². The van der Waals surface area contributed by atoms with Crippen molar-refractivity contribution in [1.29, 1.82) is 5.26 Å². The summed E-state index contributed by atoms with van der Waals surface area (Å²) in [4.78, 5) is 27.9. The molecule has 4 aromatic carbocycles. The van der Waals surface area contributed by atoms with Crippen LogP contribution in [-0.4, -0.2) is 22.9 Å². The van der Waals surface area contributed by atoms with Gasteiger partial charge in [-0.25, -0.2) is 0 Å². The number of thiophene rings is 2. The maximum Gasteiger partial charge on any atom is 0.366 e. The minimum Gasteiger partial charge on any atom is -0.341 e. The van der Waals surface area contributed by atoms with Crippen molar-refractivity contribution in [3.8, 4) is 15.8 Å². The minimum absolute atomic E-state index is 0.530. The third kappa shape index (κ3) is 9.47. The molecule has 4 heterocycles. The number of rotatable bonds is 14. The molecule has 6 aromatic rings. The SMILES string of the molecule is CCCCc1ccc(N2CCCc3cc(C(=Cc4ccc(-c5ccc(C=C(C#N)P(=O)(O)O)s5)s4)c4ccc5c(c4)CCCN5c4ccc(CCCC)cc4)ccc32)cc1. The molecule has 2 aliphatic rings. The Morgan fingerprint density at radius 3 is 1.57 bits per heavy atom. The molecule has 0 unspecified atom stereocenters. The number of aryl methyl sites for hydroxylation is 4. The Morgan fingerprint density at radius 2 is 1.13 bits per heavy atom. The average molecular weight is 850 g/mol. The van der Waals surface area contributed by atoms with Crippen molar-refractivity contribution >= 4 is 70.7 Å². The van der Waals surface area contributed by atoms with E-state index in [-0.39, 0.29) is 0 Å². The predicted octanol–water partition coefficient (Wildman–Crippen LogP) is 14.0. The van der Waals surface area contributed by atoms with Gasteiger partial charge in [0, 0.05) is 55.3 Å². The summed E-state index contributed by atoms with van der Waals surface area (Å²) in [6.45, 7) is 6.49. The van der Waals surface area contributed by atoms with Crippen molar-refractivity contribution in [3.05, 3.63) is 158 Å². The summed E-state index contributed by atoms with van der Waals surface area (Å²) in [5, 5.41) is 8.80. The van der Waals surface area contributed by atoms with E-state index in [9.17, 15) is 19.6 Å². The molecule has 0 aliphatic carbocycles. The smallest absolute Gasteiger partial charge is 0.341 e. The van der Waals surface area contributed by atoms with Crippen molar-refractivity contribution in [2.45, 2.75) is 78.1 Å². The van der Waals surface area contributed by atoms with Crippen molar-refractivity contribution < 1.29 is 14.4 Å². The number of unbranched alkanes of at least 4 members (excludes halogenated alkanes) is 2. The number of hydrogen-bond acceptors (Lipinski definition) is 6. The molecule has 0 saturated heterocycles. The largest absolute Gasteiger partial charge is 0.366 e. The average Bonchev–Trinajstić information content (AvgIpc) is 3.95. The van der Waals surface area contributed by atoms with Gasteiger partial charge in [-0.2, -0.15) is 5.26 Å². The molecule has 0 bridgehead atoms. The van der Waals surface area contributed by atoms with Gasteiger partial charge in [0.1, 0.15) is 11.4 Å². The molecule has 2 aromatic heterocycles. The lowest BCUT2D eigenvalue weighted by atomic mass is 9.90. The van der Waals surface area contributed by atoms with E-state index in [1.54, 1.807) is 17.4 Å². The second-order valence-electron chi connectivity index (χ2n) is 15.9. The van der Waals surface area contributed by atoms with Crippen LogP contribution in [0.4, 0.5) is 22.7 Å². The number of fused-ring (bicyclic) bond motifs is 2. The Morgan fingerprint density at radius 1 is 0.667 bits per heavy atom. The first-order valence-corrected chi connectivity index (χ1v) is 24.5. The van der Waals surface area contributed by atoms with Crippen molar-refractivity contribution in [3.63, 3.8) is 0 Å². The standard InChI is InChI=1S/C51H52N3O3PS2/c1-3-5-9-36-13-19-42(20-14-36)53-29-7-11-40-31-38(17-25-48(40)53)47(34-46-24-28-51(60-46)50-27-23-45(59-50)33-44(35-52)58(55,56)57)39-18-26-49-41(32-39)12-8-30-54(49)43-21-15-37(16-22-43)10-6-4-2/h13-28,31-34H,3-12,29-30H2,1-2H3,(H2,55,56,57). The lowest BCUT2D eigenvalue weighted by molar-refractivity contribution is 0.384. The normalized spacial score (nSPS) is 14.1. The molecule has 2 aliphatic heterocycles. The first-order chi connectivity index (χ1) is 29.2. The summed E-state index contributed by atoms with van der Waals surface area (Å²) in [5.41, 5.74) is 14.2. The summed E-state index contributed by atoms with van der Waals surface area (Å²) in [6.07, 6.45) is 14.9. The monoisotopic (exact) mass is 849 g/mol. The van der Waals surface area contributed by atoms with Crippen LogP contribution in [0.5, 0.6) is 0 Å². The Kier molecular flexibility index (Phi) is 13.0. The van der Waals surface area contributed by atoms with E-state index >= 15 is 0 Å². The third-order valence-corrected chi connectivity index (χ3v) is 14.8. The van der Waals surface area contributed by atoms with Crippen molar-refractivity contribution in [1.82, 2.24) is 0 Å². The van der Waals surface area contributed by atoms with E-state index in [0.717, 1.165) is 66.2 Å². The maximum absolute atomic E-state index is 11.8. The molecule has 6 nitrogen and oxygen atoms in total. The summed E-state index contributed by atoms with van der Waals surface area (Å²) >= 11 is 3.11. The van der Waals surface area contributed by atoms with Gasteiger partial charge in [-0.3, -0.25) is 4.57 Å². The van der Waals surface area contributed by atoms with Gasteiger partial charge >= 0.3 is 7.60 Å². The highest BCUT2D eigenvalue weighted by Gasteiger charge is 2.24. The maximum atomic E-state index is 11.8. The first kappa shape index (κ1) is 41.7. The predicted molar refractivity (Wildman–Crippen MR) is 254 cm³/mol.